The van der Waals surface area contributed by atoms with Gasteiger partial charge < -0.3 is 14.4 Å². The number of H-pyrrole nitrogens is 1. The molecule has 0 aliphatic heterocycles. The highest BCUT2D eigenvalue weighted by molar-refractivity contribution is 5.72. The minimum atomic E-state index is -0.425. The minimum Gasteiger partial charge on any atom is -0.408 e. The molecule has 1 aromatic heterocycles. The monoisotopic (exact) mass is 236 g/mol. The zero-order chi connectivity index (χ0) is 12.3. The molecule has 2 N–H and O–H groups in total. The van der Waals surface area contributed by atoms with E-state index in [2.05, 4.69) is 9.88 Å². The van der Waals surface area contributed by atoms with Crippen molar-refractivity contribution in [2.75, 3.05) is 20.2 Å². The first-order valence-corrected chi connectivity index (χ1v) is 5.60. The Morgan fingerprint density at radius 3 is 3.06 bits per heavy atom. The van der Waals surface area contributed by atoms with Crippen LogP contribution in [0.25, 0.3) is 11.1 Å². The number of fused-ring (bicyclic) bond motifs is 1. The summed E-state index contributed by atoms with van der Waals surface area (Å²) in [5.74, 6) is -0.425. The Balaban J connectivity index is 2.10. The van der Waals surface area contributed by atoms with E-state index in [0.717, 1.165) is 30.6 Å². The van der Waals surface area contributed by atoms with Crippen molar-refractivity contribution in [1.82, 2.24) is 9.88 Å². The third-order valence-corrected chi connectivity index (χ3v) is 2.63. The van der Waals surface area contributed by atoms with Crippen LogP contribution in [0.2, 0.25) is 0 Å². The average Bonchev–Trinajstić information content (AvgIpc) is 2.65. The Labute approximate surface area is 98.7 Å². The number of oxazole rings is 1. The van der Waals surface area contributed by atoms with E-state index in [0.29, 0.717) is 5.58 Å². The predicted molar refractivity (Wildman–Crippen MR) is 64.9 cm³/mol. The number of aliphatic hydroxyl groups is 1. The summed E-state index contributed by atoms with van der Waals surface area (Å²) < 4.78 is 4.93. The maximum Gasteiger partial charge on any atom is 0.417 e. The van der Waals surface area contributed by atoms with Crippen molar-refractivity contribution < 1.29 is 9.52 Å². The smallest absolute Gasteiger partial charge is 0.408 e. The van der Waals surface area contributed by atoms with E-state index >= 15 is 0 Å². The summed E-state index contributed by atoms with van der Waals surface area (Å²) in [7, 11) is 2.00. The van der Waals surface area contributed by atoms with Crippen molar-refractivity contribution in [3.05, 3.63) is 34.3 Å². The molecule has 0 unspecified atom stereocenters. The lowest BCUT2D eigenvalue weighted by molar-refractivity contribution is 0.244. The molecule has 0 atom stereocenters. The lowest BCUT2D eigenvalue weighted by atomic mass is 10.2. The van der Waals surface area contributed by atoms with Crippen LogP contribution in [0.15, 0.2) is 27.4 Å². The molecule has 0 fully saturated rings. The lowest BCUT2D eigenvalue weighted by Crippen LogP contribution is -2.19. The fourth-order valence-electron chi connectivity index (χ4n) is 1.83. The molecule has 92 valence electrons. The van der Waals surface area contributed by atoms with Crippen LogP contribution in [0.5, 0.6) is 0 Å². The highest BCUT2D eigenvalue weighted by atomic mass is 16.4. The third-order valence-electron chi connectivity index (χ3n) is 2.63. The number of nitrogens with one attached hydrogen (secondary N) is 1. The molecule has 1 aromatic carbocycles. The van der Waals surface area contributed by atoms with E-state index in [9.17, 15) is 4.79 Å². The van der Waals surface area contributed by atoms with Crippen molar-refractivity contribution in [2.24, 2.45) is 0 Å². The summed E-state index contributed by atoms with van der Waals surface area (Å²) in [4.78, 5) is 15.8. The molecule has 5 nitrogen and oxygen atoms in total. The molecule has 0 bridgehead atoms. The molecule has 0 aliphatic rings. The highest BCUT2D eigenvalue weighted by Crippen LogP contribution is 2.13. The van der Waals surface area contributed by atoms with Gasteiger partial charge >= 0.3 is 5.76 Å². The van der Waals surface area contributed by atoms with Crippen LogP contribution >= 0.6 is 0 Å². The van der Waals surface area contributed by atoms with E-state index in [-0.39, 0.29) is 6.61 Å². The van der Waals surface area contributed by atoms with E-state index in [1.54, 1.807) is 6.07 Å². The SMILES string of the molecule is CN(CCCO)Cc1ccc2oc(=O)[nH]c2c1. The van der Waals surface area contributed by atoms with Gasteiger partial charge in [0.1, 0.15) is 0 Å². The Morgan fingerprint density at radius 2 is 2.29 bits per heavy atom. The molecule has 0 radical (unpaired) electrons. The first kappa shape index (κ1) is 11.9. The molecule has 0 aliphatic carbocycles. The Morgan fingerprint density at radius 1 is 1.47 bits per heavy atom. The summed E-state index contributed by atoms with van der Waals surface area (Å²) in [6, 6.07) is 5.65. The molecule has 0 saturated heterocycles. The van der Waals surface area contributed by atoms with E-state index < -0.39 is 5.76 Å². The zero-order valence-corrected chi connectivity index (χ0v) is 9.77. The van der Waals surface area contributed by atoms with Crippen LogP contribution in [0, 0.1) is 0 Å². The maximum atomic E-state index is 11.0. The largest absolute Gasteiger partial charge is 0.417 e. The summed E-state index contributed by atoms with van der Waals surface area (Å²) in [5, 5.41) is 8.75. The second-order valence-electron chi connectivity index (χ2n) is 4.16. The molecule has 0 saturated carbocycles. The minimum absolute atomic E-state index is 0.207. The molecule has 2 aromatic rings. The molecule has 17 heavy (non-hydrogen) atoms. The van der Waals surface area contributed by atoms with Crippen LogP contribution in [-0.4, -0.2) is 35.2 Å². The normalized spacial score (nSPS) is 11.5. The van der Waals surface area contributed by atoms with Crippen LogP contribution in [0.1, 0.15) is 12.0 Å². The number of hydrogen-bond donors (Lipinski definition) is 2. The molecule has 5 heteroatoms. The van der Waals surface area contributed by atoms with Gasteiger partial charge in [0.05, 0.1) is 5.52 Å². The lowest BCUT2D eigenvalue weighted by Gasteiger charge is -2.15. The molecule has 1 heterocycles. The Kier molecular flexibility index (Phi) is 3.61. The molecular formula is C12H16N2O3. The van der Waals surface area contributed by atoms with Gasteiger partial charge in [0.25, 0.3) is 0 Å². The molecule has 0 spiro atoms. The van der Waals surface area contributed by atoms with Crippen molar-refractivity contribution in [3.8, 4) is 0 Å². The standard InChI is InChI=1S/C12H16N2O3/c1-14(5-2-6-15)8-9-3-4-11-10(7-9)13-12(16)17-11/h3-4,7,15H,2,5-6,8H2,1H3,(H,13,16). The average molecular weight is 236 g/mol. The summed E-state index contributed by atoms with van der Waals surface area (Å²) in [6.45, 7) is 1.83. The van der Waals surface area contributed by atoms with Crippen LogP contribution in [0.3, 0.4) is 0 Å². The second-order valence-corrected chi connectivity index (χ2v) is 4.16. The quantitative estimate of drug-likeness (QED) is 0.810. The van der Waals surface area contributed by atoms with E-state index in [4.69, 9.17) is 9.52 Å². The van der Waals surface area contributed by atoms with E-state index in [1.165, 1.54) is 0 Å². The van der Waals surface area contributed by atoms with Crippen LogP contribution < -0.4 is 5.76 Å². The number of aromatic amines is 1. The maximum absolute atomic E-state index is 11.0. The van der Waals surface area contributed by atoms with Gasteiger partial charge in [-0.05, 0) is 31.2 Å². The van der Waals surface area contributed by atoms with Gasteiger partial charge in [0.2, 0.25) is 0 Å². The highest BCUT2D eigenvalue weighted by Gasteiger charge is 2.04. The van der Waals surface area contributed by atoms with Crippen LogP contribution in [0.4, 0.5) is 0 Å². The van der Waals surface area contributed by atoms with Crippen molar-refractivity contribution in [2.45, 2.75) is 13.0 Å². The number of benzene rings is 1. The number of aromatic nitrogens is 1. The fraction of sp³-hybridized carbons (Fsp3) is 0.417. The summed E-state index contributed by atoms with van der Waals surface area (Å²) in [5.41, 5.74) is 2.41. The Bertz CT molecular complexity index is 544. The van der Waals surface area contributed by atoms with Gasteiger partial charge in [-0.3, -0.25) is 4.98 Å². The summed E-state index contributed by atoms with van der Waals surface area (Å²) in [6.07, 6.45) is 0.765. The third kappa shape index (κ3) is 2.95. The van der Waals surface area contributed by atoms with Crippen LogP contribution in [-0.2, 0) is 6.54 Å². The first-order chi connectivity index (χ1) is 8.19. The van der Waals surface area contributed by atoms with Crippen molar-refractivity contribution in [1.29, 1.82) is 0 Å². The molecule has 2 rings (SSSR count). The van der Waals surface area contributed by atoms with Gasteiger partial charge in [-0.25, -0.2) is 4.79 Å². The zero-order valence-electron chi connectivity index (χ0n) is 9.77. The fourth-order valence-corrected chi connectivity index (χ4v) is 1.83. The number of aliphatic hydroxyl groups excluding tert-OH is 1. The Hall–Kier alpha value is -1.59. The number of rotatable bonds is 5. The van der Waals surface area contributed by atoms with Gasteiger partial charge in [0.15, 0.2) is 5.58 Å². The van der Waals surface area contributed by atoms with Gasteiger partial charge in [-0.2, -0.15) is 0 Å². The van der Waals surface area contributed by atoms with Gasteiger partial charge in [-0.15, -0.1) is 0 Å². The van der Waals surface area contributed by atoms with Gasteiger partial charge in [0, 0.05) is 19.7 Å². The van der Waals surface area contributed by atoms with Gasteiger partial charge in [-0.1, -0.05) is 6.07 Å². The van der Waals surface area contributed by atoms with Crippen molar-refractivity contribution >= 4 is 11.1 Å². The summed E-state index contributed by atoms with van der Waals surface area (Å²) >= 11 is 0. The first-order valence-electron chi connectivity index (χ1n) is 5.60. The second kappa shape index (κ2) is 5.16. The molecule has 0 amide bonds. The van der Waals surface area contributed by atoms with Crippen molar-refractivity contribution in [3.63, 3.8) is 0 Å². The van der Waals surface area contributed by atoms with E-state index in [1.807, 2.05) is 19.2 Å². The predicted octanol–water partition coefficient (Wildman–Crippen LogP) is 0.935. The molecular weight excluding hydrogens is 220 g/mol. The number of hydrogen-bond acceptors (Lipinski definition) is 4. The number of nitrogens with zero attached hydrogens (tertiary/aromatic N) is 1. The topological polar surface area (TPSA) is 69.5 Å².